The van der Waals surface area contributed by atoms with Crippen LogP contribution >= 0.6 is 0 Å². The van der Waals surface area contributed by atoms with Gasteiger partial charge in [-0.15, -0.1) is 0 Å². The van der Waals surface area contributed by atoms with Gasteiger partial charge in [0.25, 0.3) is 0 Å². The van der Waals surface area contributed by atoms with E-state index >= 15 is 0 Å². The standard InChI is InChI=1S/C21H26FNO3/c1-15(23)21(24)26-16(2)19(12-17-8-10-20(22)11-9-17)14-25-13-18-6-4-3-5-7-18/h3-11,15-16,19H,12-14,23H2,1-2H3/t15-,16-,19+/m0/s1. The van der Waals surface area contributed by atoms with E-state index in [9.17, 15) is 9.18 Å². The van der Waals surface area contributed by atoms with Gasteiger partial charge in [-0.1, -0.05) is 42.5 Å². The molecule has 0 aromatic heterocycles. The van der Waals surface area contributed by atoms with Crippen LogP contribution in [0.15, 0.2) is 54.6 Å². The summed E-state index contributed by atoms with van der Waals surface area (Å²) >= 11 is 0. The van der Waals surface area contributed by atoms with Crippen LogP contribution in [0.4, 0.5) is 4.39 Å². The molecule has 5 heteroatoms. The van der Waals surface area contributed by atoms with Crippen LogP contribution in [0.1, 0.15) is 25.0 Å². The van der Waals surface area contributed by atoms with Crippen molar-refractivity contribution in [3.63, 3.8) is 0 Å². The quantitative estimate of drug-likeness (QED) is 0.696. The summed E-state index contributed by atoms with van der Waals surface area (Å²) in [6.07, 6.45) is 0.247. The third-order valence-corrected chi connectivity index (χ3v) is 4.19. The summed E-state index contributed by atoms with van der Waals surface area (Å²) in [7, 11) is 0. The van der Waals surface area contributed by atoms with Crippen molar-refractivity contribution < 1.29 is 18.7 Å². The number of hydrogen-bond donors (Lipinski definition) is 1. The Morgan fingerprint density at radius 2 is 1.69 bits per heavy atom. The van der Waals surface area contributed by atoms with E-state index in [0.717, 1.165) is 11.1 Å². The Balaban J connectivity index is 1.99. The normalized spacial score (nSPS) is 14.5. The molecular weight excluding hydrogens is 333 g/mol. The molecule has 2 rings (SSSR count). The van der Waals surface area contributed by atoms with E-state index in [1.165, 1.54) is 12.1 Å². The molecule has 2 aromatic carbocycles. The van der Waals surface area contributed by atoms with E-state index in [4.69, 9.17) is 15.2 Å². The third kappa shape index (κ3) is 6.58. The van der Waals surface area contributed by atoms with Gasteiger partial charge >= 0.3 is 5.97 Å². The lowest BCUT2D eigenvalue weighted by atomic mass is 9.95. The lowest BCUT2D eigenvalue weighted by Crippen LogP contribution is -2.36. The largest absolute Gasteiger partial charge is 0.461 e. The molecule has 0 aliphatic heterocycles. The molecule has 0 aliphatic carbocycles. The summed E-state index contributed by atoms with van der Waals surface area (Å²) in [6.45, 7) is 4.32. The van der Waals surface area contributed by atoms with Gasteiger partial charge in [-0.2, -0.15) is 0 Å². The summed E-state index contributed by atoms with van der Waals surface area (Å²) in [5.41, 5.74) is 7.62. The topological polar surface area (TPSA) is 61.6 Å². The predicted molar refractivity (Wildman–Crippen MR) is 98.9 cm³/mol. The zero-order valence-corrected chi connectivity index (χ0v) is 15.2. The summed E-state index contributed by atoms with van der Waals surface area (Å²) in [6, 6.07) is 15.5. The van der Waals surface area contributed by atoms with Crippen LogP contribution in [-0.2, 0) is 27.3 Å². The molecule has 3 atom stereocenters. The van der Waals surface area contributed by atoms with Crippen molar-refractivity contribution in [2.45, 2.75) is 39.0 Å². The fraction of sp³-hybridized carbons (Fsp3) is 0.381. The molecule has 4 nitrogen and oxygen atoms in total. The molecule has 0 heterocycles. The Labute approximate surface area is 154 Å². The molecule has 0 bridgehead atoms. The number of nitrogens with two attached hydrogens (primary N) is 1. The Morgan fingerprint density at radius 3 is 2.31 bits per heavy atom. The maximum Gasteiger partial charge on any atom is 0.322 e. The summed E-state index contributed by atoms with van der Waals surface area (Å²) in [5, 5.41) is 0. The second kappa shape index (κ2) is 10.0. The van der Waals surface area contributed by atoms with Crippen molar-refractivity contribution in [1.82, 2.24) is 0 Å². The molecule has 0 unspecified atom stereocenters. The predicted octanol–water partition coefficient (Wildman–Crippen LogP) is 3.48. The lowest BCUT2D eigenvalue weighted by Gasteiger charge is -2.25. The molecule has 140 valence electrons. The van der Waals surface area contributed by atoms with Gasteiger partial charge in [-0.25, -0.2) is 4.39 Å². The highest BCUT2D eigenvalue weighted by molar-refractivity contribution is 5.75. The summed E-state index contributed by atoms with van der Waals surface area (Å²) in [4.78, 5) is 11.8. The maximum atomic E-state index is 13.1. The van der Waals surface area contributed by atoms with Gasteiger partial charge in [-0.3, -0.25) is 4.79 Å². The van der Waals surface area contributed by atoms with Crippen LogP contribution in [-0.4, -0.2) is 24.7 Å². The minimum Gasteiger partial charge on any atom is -0.461 e. The molecule has 0 saturated carbocycles. The third-order valence-electron chi connectivity index (χ3n) is 4.19. The molecule has 2 N–H and O–H groups in total. The number of esters is 1. The monoisotopic (exact) mass is 359 g/mol. The van der Waals surface area contributed by atoms with Gasteiger partial charge in [0.1, 0.15) is 18.0 Å². The second-order valence-corrected chi connectivity index (χ2v) is 6.52. The van der Waals surface area contributed by atoms with Crippen molar-refractivity contribution in [2.24, 2.45) is 11.7 Å². The van der Waals surface area contributed by atoms with Crippen LogP contribution in [0.25, 0.3) is 0 Å². The second-order valence-electron chi connectivity index (χ2n) is 6.52. The average Bonchev–Trinajstić information content (AvgIpc) is 2.63. The van der Waals surface area contributed by atoms with E-state index in [0.29, 0.717) is 19.6 Å². The molecule has 0 saturated heterocycles. The Kier molecular flexibility index (Phi) is 7.75. The summed E-state index contributed by atoms with van der Waals surface area (Å²) in [5.74, 6) is -0.779. The first-order valence-electron chi connectivity index (χ1n) is 8.78. The van der Waals surface area contributed by atoms with Crippen LogP contribution in [0.3, 0.4) is 0 Å². The number of carbonyl (C=O) groups excluding carboxylic acids is 1. The number of benzene rings is 2. The molecule has 0 spiro atoms. The minimum atomic E-state index is -0.672. The fourth-order valence-electron chi connectivity index (χ4n) is 2.57. The van der Waals surface area contributed by atoms with E-state index in [2.05, 4.69) is 0 Å². The number of ether oxygens (including phenoxy) is 2. The van der Waals surface area contributed by atoms with Crippen molar-refractivity contribution in [3.8, 4) is 0 Å². The number of hydrogen-bond acceptors (Lipinski definition) is 4. The van der Waals surface area contributed by atoms with E-state index in [1.807, 2.05) is 37.3 Å². The van der Waals surface area contributed by atoms with Crippen molar-refractivity contribution in [2.75, 3.05) is 6.61 Å². The van der Waals surface area contributed by atoms with E-state index in [1.54, 1.807) is 19.1 Å². The summed E-state index contributed by atoms with van der Waals surface area (Å²) < 4.78 is 24.4. The van der Waals surface area contributed by atoms with Gasteiger partial charge in [0.2, 0.25) is 0 Å². The fourth-order valence-corrected chi connectivity index (χ4v) is 2.57. The van der Waals surface area contributed by atoms with Crippen LogP contribution in [0.5, 0.6) is 0 Å². The first-order chi connectivity index (χ1) is 12.5. The first kappa shape index (κ1) is 20.1. The Hall–Kier alpha value is -2.24. The Morgan fingerprint density at radius 1 is 1.04 bits per heavy atom. The van der Waals surface area contributed by atoms with Crippen LogP contribution in [0, 0.1) is 11.7 Å². The molecule has 26 heavy (non-hydrogen) atoms. The van der Waals surface area contributed by atoms with E-state index in [-0.39, 0.29) is 17.8 Å². The highest BCUT2D eigenvalue weighted by Gasteiger charge is 2.23. The van der Waals surface area contributed by atoms with E-state index < -0.39 is 12.0 Å². The lowest BCUT2D eigenvalue weighted by molar-refractivity contribution is -0.153. The van der Waals surface area contributed by atoms with Gasteiger partial charge in [-0.05, 0) is 43.5 Å². The Bertz CT molecular complexity index is 673. The molecular formula is C21H26FNO3. The van der Waals surface area contributed by atoms with Gasteiger partial charge < -0.3 is 15.2 Å². The van der Waals surface area contributed by atoms with Crippen molar-refractivity contribution in [3.05, 3.63) is 71.5 Å². The van der Waals surface area contributed by atoms with Crippen LogP contribution in [0.2, 0.25) is 0 Å². The molecule has 0 aliphatic rings. The number of halogens is 1. The zero-order chi connectivity index (χ0) is 18.9. The molecule has 0 radical (unpaired) electrons. The smallest absolute Gasteiger partial charge is 0.322 e. The zero-order valence-electron chi connectivity index (χ0n) is 15.2. The molecule has 2 aromatic rings. The van der Waals surface area contributed by atoms with Crippen molar-refractivity contribution >= 4 is 5.97 Å². The van der Waals surface area contributed by atoms with Crippen molar-refractivity contribution in [1.29, 1.82) is 0 Å². The van der Waals surface area contributed by atoms with Gasteiger partial charge in [0.05, 0.1) is 13.2 Å². The average molecular weight is 359 g/mol. The SMILES string of the molecule is C[C@H](N)C(=O)O[C@@H](C)[C@@H](COCc1ccccc1)Cc1ccc(F)cc1. The minimum absolute atomic E-state index is 0.0631. The van der Waals surface area contributed by atoms with Crippen LogP contribution < -0.4 is 5.73 Å². The highest BCUT2D eigenvalue weighted by Crippen LogP contribution is 2.18. The molecule has 0 amide bonds. The van der Waals surface area contributed by atoms with Gasteiger partial charge in [0, 0.05) is 5.92 Å². The maximum absolute atomic E-state index is 13.1. The molecule has 0 fully saturated rings. The highest BCUT2D eigenvalue weighted by atomic mass is 19.1. The number of rotatable bonds is 9. The number of carbonyl (C=O) groups is 1. The van der Waals surface area contributed by atoms with Gasteiger partial charge in [0.15, 0.2) is 0 Å². The first-order valence-corrected chi connectivity index (χ1v) is 8.78.